The van der Waals surface area contributed by atoms with Gasteiger partial charge in [-0.25, -0.2) is 0 Å². The van der Waals surface area contributed by atoms with Gasteiger partial charge in [-0.2, -0.15) is 0 Å². The molecule has 3 N–H and O–H groups in total. The molecule has 0 aliphatic rings. The topological polar surface area (TPSA) is 68.9 Å². The number of nitrogens with zero attached hydrogens (tertiary/aromatic N) is 1. The number of nitrogens with one attached hydrogen (secondary N) is 1. The predicted molar refractivity (Wildman–Crippen MR) is 93.3 cm³/mol. The molecule has 0 aliphatic heterocycles. The van der Waals surface area contributed by atoms with Crippen molar-refractivity contribution in [3.8, 4) is 0 Å². The summed E-state index contributed by atoms with van der Waals surface area (Å²) >= 11 is 5.12. The SMILES string of the molecule is C=NC(C)COC(C)CC(C)(C)NCCC(=S)OCCN. The third-order valence-electron chi connectivity index (χ3n) is 3.04. The largest absolute Gasteiger partial charge is 0.486 e. The molecule has 0 heterocycles. The molecule has 2 unspecified atom stereocenters. The molecule has 0 radical (unpaired) electrons. The van der Waals surface area contributed by atoms with Crippen LogP contribution in [0.15, 0.2) is 4.99 Å². The van der Waals surface area contributed by atoms with Crippen LogP contribution in [0, 0.1) is 0 Å². The van der Waals surface area contributed by atoms with Gasteiger partial charge in [-0.3, -0.25) is 4.99 Å². The van der Waals surface area contributed by atoms with Crippen molar-refractivity contribution in [2.75, 3.05) is 26.3 Å². The molecule has 0 fully saturated rings. The Labute approximate surface area is 134 Å². The van der Waals surface area contributed by atoms with E-state index < -0.39 is 0 Å². The molecular weight excluding hydrogens is 286 g/mol. The van der Waals surface area contributed by atoms with Gasteiger partial charge < -0.3 is 20.5 Å². The fraction of sp³-hybridized carbons (Fsp3) is 0.867. The van der Waals surface area contributed by atoms with E-state index in [1.807, 2.05) is 6.92 Å². The van der Waals surface area contributed by atoms with E-state index in [0.29, 0.717) is 31.2 Å². The summed E-state index contributed by atoms with van der Waals surface area (Å²) in [5.74, 6) is 0. The Balaban J connectivity index is 3.90. The maximum Gasteiger partial charge on any atom is 0.161 e. The fourth-order valence-electron chi connectivity index (χ4n) is 1.95. The molecule has 0 spiro atoms. The second kappa shape index (κ2) is 11.1. The number of hydrogen-bond donors (Lipinski definition) is 2. The van der Waals surface area contributed by atoms with Gasteiger partial charge in [0.05, 0.1) is 18.8 Å². The maximum atomic E-state index is 5.77. The van der Waals surface area contributed by atoms with E-state index in [2.05, 4.69) is 37.8 Å². The molecule has 0 aromatic heterocycles. The molecule has 6 heteroatoms. The van der Waals surface area contributed by atoms with Gasteiger partial charge >= 0.3 is 0 Å². The standard InChI is InChI=1S/C15H31N3O2S/c1-12(17-5)11-20-13(2)10-15(3,4)18-8-6-14(21)19-9-7-16/h12-13,18H,5-11,16H2,1-4H3. The van der Waals surface area contributed by atoms with Crippen LogP contribution in [0.4, 0.5) is 0 Å². The Hall–Kier alpha value is -0.560. The predicted octanol–water partition coefficient (Wildman–Crippen LogP) is 1.93. The number of rotatable bonds is 12. The molecule has 0 saturated carbocycles. The van der Waals surface area contributed by atoms with Crippen molar-refractivity contribution in [1.29, 1.82) is 0 Å². The molecule has 21 heavy (non-hydrogen) atoms. The molecule has 124 valence electrons. The lowest BCUT2D eigenvalue weighted by atomic mass is 9.97. The highest BCUT2D eigenvalue weighted by Crippen LogP contribution is 2.14. The minimum absolute atomic E-state index is 0.0201. The van der Waals surface area contributed by atoms with Crippen molar-refractivity contribution in [2.45, 2.75) is 58.2 Å². The average molecular weight is 317 g/mol. The van der Waals surface area contributed by atoms with Crippen molar-refractivity contribution in [3.63, 3.8) is 0 Å². The van der Waals surface area contributed by atoms with Gasteiger partial charge in [-0.15, -0.1) is 0 Å². The quantitative estimate of drug-likeness (QED) is 0.425. The Morgan fingerprint density at radius 2 is 2.10 bits per heavy atom. The Kier molecular flexibility index (Phi) is 10.8. The fourth-order valence-corrected chi connectivity index (χ4v) is 2.14. The van der Waals surface area contributed by atoms with Crippen LogP contribution in [0.25, 0.3) is 0 Å². The van der Waals surface area contributed by atoms with E-state index in [-0.39, 0.29) is 17.7 Å². The van der Waals surface area contributed by atoms with Crippen molar-refractivity contribution >= 4 is 24.0 Å². The highest BCUT2D eigenvalue weighted by molar-refractivity contribution is 7.80. The molecule has 0 amide bonds. The number of nitrogens with two attached hydrogens (primary N) is 1. The first-order valence-electron chi connectivity index (χ1n) is 7.49. The van der Waals surface area contributed by atoms with Gasteiger partial charge in [-0.1, -0.05) is 0 Å². The first kappa shape index (κ1) is 20.4. The summed E-state index contributed by atoms with van der Waals surface area (Å²) in [6.07, 6.45) is 1.79. The highest BCUT2D eigenvalue weighted by Gasteiger charge is 2.21. The summed E-state index contributed by atoms with van der Waals surface area (Å²) in [5, 5.41) is 4.09. The molecular formula is C15H31N3O2S. The monoisotopic (exact) mass is 317 g/mol. The van der Waals surface area contributed by atoms with E-state index in [1.165, 1.54) is 0 Å². The zero-order chi connectivity index (χ0) is 16.3. The molecule has 0 bridgehead atoms. The molecule has 0 aromatic carbocycles. The number of hydrogen-bond acceptors (Lipinski definition) is 6. The molecule has 0 aromatic rings. The summed E-state index contributed by atoms with van der Waals surface area (Å²) in [6, 6.07) is 0.139. The lowest BCUT2D eigenvalue weighted by Crippen LogP contribution is -2.43. The zero-order valence-electron chi connectivity index (χ0n) is 13.9. The Morgan fingerprint density at radius 3 is 2.67 bits per heavy atom. The summed E-state index contributed by atoms with van der Waals surface area (Å²) < 4.78 is 11.1. The van der Waals surface area contributed by atoms with E-state index in [0.717, 1.165) is 13.0 Å². The third-order valence-corrected chi connectivity index (χ3v) is 3.37. The highest BCUT2D eigenvalue weighted by atomic mass is 32.1. The van der Waals surface area contributed by atoms with Gasteiger partial charge in [-0.05, 0) is 53.1 Å². The molecule has 2 atom stereocenters. The van der Waals surface area contributed by atoms with Crippen LogP contribution < -0.4 is 11.1 Å². The summed E-state index contributed by atoms with van der Waals surface area (Å²) in [7, 11) is 0. The first-order valence-corrected chi connectivity index (χ1v) is 7.89. The van der Waals surface area contributed by atoms with E-state index >= 15 is 0 Å². The van der Waals surface area contributed by atoms with Crippen molar-refractivity contribution in [2.24, 2.45) is 10.7 Å². The second-order valence-electron chi connectivity index (χ2n) is 5.95. The van der Waals surface area contributed by atoms with Gasteiger partial charge in [0.25, 0.3) is 0 Å². The zero-order valence-corrected chi connectivity index (χ0v) is 14.7. The minimum Gasteiger partial charge on any atom is -0.486 e. The van der Waals surface area contributed by atoms with Crippen molar-refractivity contribution < 1.29 is 9.47 Å². The maximum absolute atomic E-state index is 5.77. The van der Waals surface area contributed by atoms with Crippen LogP contribution in [0.2, 0.25) is 0 Å². The number of thiocarbonyl (C=S) groups is 1. The van der Waals surface area contributed by atoms with Gasteiger partial charge in [0.1, 0.15) is 6.61 Å². The lowest BCUT2D eigenvalue weighted by molar-refractivity contribution is 0.0377. The Morgan fingerprint density at radius 1 is 1.43 bits per heavy atom. The lowest BCUT2D eigenvalue weighted by Gasteiger charge is -2.30. The van der Waals surface area contributed by atoms with E-state index in [1.54, 1.807) is 0 Å². The van der Waals surface area contributed by atoms with Crippen molar-refractivity contribution in [3.05, 3.63) is 0 Å². The summed E-state index contributed by atoms with van der Waals surface area (Å²) in [6.45, 7) is 14.3. The Bertz CT molecular complexity index is 311. The number of ether oxygens (including phenoxy) is 2. The average Bonchev–Trinajstić information content (AvgIpc) is 2.41. The normalized spacial score (nSPS) is 14.5. The van der Waals surface area contributed by atoms with Crippen molar-refractivity contribution in [1.82, 2.24) is 5.32 Å². The molecule has 0 aliphatic carbocycles. The van der Waals surface area contributed by atoms with Crippen LogP contribution in [0.3, 0.4) is 0 Å². The molecule has 5 nitrogen and oxygen atoms in total. The molecule has 0 rings (SSSR count). The summed E-state index contributed by atoms with van der Waals surface area (Å²) in [5.41, 5.74) is 5.34. The first-order chi connectivity index (χ1) is 9.80. The minimum atomic E-state index is -0.0201. The molecule has 0 saturated heterocycles. The smallest absolute Gasteiger partial charge is 0.161 e. The van der Waals surface area contributed by atoms with E-state index in [4.69, 9.17) is 27.4 Å². The second-order valence-corrected chi connectivity index (χ2v) is 6.40. The summed E-state index contributed by atoms with van der Waals surface area (Å²) in [4.78, 5) is 3.92. The number of aliphatic imine (C=N–C) groups is 1. The van der Waals surface area contributed by atoms with Crippen LogP contribution in [-0.2, 0) is 9.47 Å². The van der Waals surface area contributed by atoms with Crippen LogP contribution in [-0.4, -0.2) is 55.8 Å². The third kappa shape index (κ3) is 11.7. The van der Waals surface area contributed by atoms with Gasteiger partial charge in [0, 0.05) is 25.0 Å². The van der Waals surface area contributed by atoms with Gasteiger partial charge in [0.2, 0.25) is 0 Å². The van der Waals surface area contributed by atoms with Crippen LogP contribution >= 0.6 is 12.2 Å². The van der Waals surface area contributed by atoms with Gasteiger partial charge in [0.15, 0.2) is 5.05 Å². The van der Waals surface area contributed by atoms with Crippen LogP contribution in [0.1, 0.15) is 40.5 Å². The van der Waals surface area contributed by atoms with E-state index in [9.17, 15) is 0 Å². The van der Waals surface area contributed by atoms with Crippen LogP contribution in [0.5, 0.6) is 0 Å².